The molecule has 90 valence electrons. The van der Waals surface area contributed by atoms with Gasteiger partial charge in [0.05, 0.1) is 5.69 Å². The van der Waals surface area contributed by atoms with E-state index in [-0.39, 0.29) is 5.41 Å². The van der Waals surface area contributed by atoms with Crippen molar-refractivity contribution >= 4 is 0 Å². The lowest BCUT2D eigenvalue weighted by molar-refractivity contribution is 0.432. The minimum absolute atomic E-state index is 0.181. The van der Waals surface area contributed by atoms with Crippen molar-refractivity contribution in [1.82, 2.24) is 9.97 Å². The summed E-state index contributed by atoms with van der Waals surface area (Å²) in [7, 11) is 0. The van der Waals surface area contributed by atoms with Gasteiger partial charge in [0, 0.05) is 11.6 Å². The van der Waals surface area contributed by atoms with E-state index in [0.29, 0.717) is 0 Å². The minimum atomic E-state index is 0.181. The van der Waals surface area contributed by atoms with Crippen LogP contribution >= 0.6 is 0 Å². The monoisotopic (exact) mass is 220 g/mol. The second-order valence-corrected chi connectivity index (χ2v) is 5.25. The molecule has 0 aliphatic heterocycles. The molecule has 0 aliphatic carbocycles. The van der Waals surface area contributed by atoms with Gasteiger partial charge in [0.15, 0.2) is 0 Å². The predicted octanol–water partition coefficient (Wildman–Crippen LogP) is 4.03. The van der Waals surface area contributed by atoms with Crippen LogP contribution in [0.1, 0.15) is 64.1 Å². The minimum Gasteiger partial charge on any atom is -0.245 e. The van der Waals surface area contributed by atoms with Crippen LogP contribution in [0.4, 0.5) is 0 Å². The molecular formula is C14H24N2. The van der Waals surface area contributed by atoms with E-state index in [2.05, 4.69) is 37.7 Å². The molecule has 1 rings (SSSR count). The highest BCUT2D eigenvalue weighted by Gasteiger charge is 2.23. The summed E-state index contributed by atoms with van der Waals surface area (Å²) in [5, 5.41) is 0. The molecule has 0 radical (unpaired) electrons. The fourth-order valence-electron chi connectivity index (χ4n) is 2.22. The molecule has 2 heteroatoms. The maximum atomic E-state index is 4.44. The van der Waals surface area contributed by atoms with Gasteiger partial charge in [-0.1, -0.05) is 46.5 Å². The first-order valence-corrected chi connectivity index (χ1v) is 6.35. The molecule has 16 heavy (non-hydrogen) atoms. The Kier molecular flexibility index (Phi) is 4.91. The average Bonchev–Trinajstić information content (AvgIpc) is 2.25. The van der Waals surface area contributed by atoms with E-state index in [1.54, 1.807) is 6.33 Å². The van der Waals surface area contributed by atoms with Gasteiger partial charge in [-0.25, -0.2) is 9.97 Å². The molecule has 0 atom stereocenters. The molecule has 1 aromatic heterocycles. The van der Waals surface area contributed by atoms with Gasteiger partial charge >= 0.3 is 0 Å². The first kappa shape index (κ1) is 13.1. The third-order valence-corrected chi connectivity index (χ3v) is 3.19. The van der Waals surface area contributed by atoms with E-state index in [1.165, 1.54) is 43.4 Å². The van der Waals surface area contributed by atoms with Crippen molar-refractivity contribution in [2.75, 3.05) is 0 Å². The predicted molar refractivity (Wildman–Crippen MR) is 68.6 cm³/mol. The Morgan fingerprint density at radius 3 is 2.56 bits per heavy atom. The van der Waals surface area contributed by atoms with Crippen molar-refractivity contribution in [2.45, 2.75) is 65.2 Å². The normalized spacial score (nSPS) is 11.8. The fraction of sp³-hybridized carbons (Fsp3) is 0.714. The molecule has 0 amide bonds. The third-order valence-electron chi connectivity index (χ3n) is 3.19. The molecule has 0 spiro atoms. The lowest BCUT2D eigenvalue weighted by Crippen LogP contribution is -2.20. The standard InChI is InChI=1S/C14H24N2/c1-5-6-7-8-9-14(3,4)13-12(2)10-15-11-16-13/h10-11H,5-9H2,1-4H3. The molecule has 1 aromatic rings. The van der Waals surface area contributed by atoms with E-state index in [0.717, 1.165) is 0 Å². The highest BCUT2D eigenvalue weighted by molar-refractivity contribution is 5.22. The van der Waals surface area contributed by atoms with Crippen LogP contribution in [0.5, 0.6) is 0 Å². The Hall–Kier alpha value is -0.920. The van der Waals surface area contributed by atoms with Crippen molar-refractivity contribution in [1.29, 1.82) is 0 Å². The van der Waals surface area contributed by atoms with E-state index in [1.807, 2.05) is 6.20 Å². The smallest absolute Gasteiger partial charge is 0.115 e. The number of rotatable bonds is 6. The second kappa shape index (κ2) is 5.97. The number of nitrogens with zero attached hydrogens (tertiary/aromatic N) is 2. The maximum absolute atomic E-state index is 4.44. The molecule has 2 nitrogen and oxygen atoms in total. The molecule has 0 saturated heterocycles. The van der Waals surface area contributed by atoms with Crippen molar-refractivity contribution in [2.24, 2.45) is 0 Å². The number of aryl methyl sites for hydroxylation is 1. The van der Waals surface area contributed by atoms with Crippen LogP contribution in [0.2, 0.25) is 0 Å². The Balaban J connectivity index is 2.59. The summed E-state index contributed by atoms with van der Waals surface area (Å²) in [6, 6.07) is 0. The lowest BCUT2D eigenvalue weighted by atomic mass is 9.81. The molecular weight excluding hydrogens is 196 g/mol. The lowest BCUT2D eigenvalue weighted by Gasteiger charge is -2.25. The van der Waals surface area contributed by atoms with Gasteiger partial charge in [0.1, 0.15) is 6.33 Å². The van der Waals surface area contributed by atoms with Gasteiger partial charge in [-0.2, -0.15) is 0 Å². The summed E-state index contributed by atoms with van der Waals surface area (Å²) in [4.78, 5) is 8.49. The van der Waals surface area contributed by atoms with Gasteiger partial charge in [-0.15, -0.1) is 0 Å². The average molecular weight is 220 g/mol. The Morgan fingerprint density at radius 1 is 1.19 bits per heavy atom. The van der Waals surface area contributed by atoms with E-state index < -0.39 is 0 Å². The van der Waals surface area contributed by atoms with E-state index >= 15 is 0 Å². The Bertz CT molecular complexity index is 318. The van der Waals surface area contributed by atoms with Crippen LogP contribution < -0.4 is 0 Å². The first-order chi connectivity index (χ1) is 7.58. The first-order valence-electron chi connectivity index (χ1n) is 6.35. The van der Waals surface area contributed by atoms with Crippen molar-refractivity contribution in [3.8, 4) is 0 Å². The van der Waals surface area contributed by atoms with Crippen molar-refractivity contribution in [3.05, 3.63) is 23.8 Å². The molecule has 0 aliphatic rings. The fourth-order valence-corrected chi connectivity index (χ4v) is 2.22. The number of unbranched alkanes of at least 4 members (excludes halogenated alkanes) is 3. The van der Waals surface area contributed by atoms with E-state index in [4.69, 9.17) is 0 Å². The zero-order chi connectivity index (χ0) is 12.0. The molecule has 0 unspecified atom stereocenters. The van der Waals surface area contributed by atoms with Gasteiger partial charge in [0.25, 0.3) is 0 Å². The number of hydrogen-bond donors (Lipinski definition) is 0. The van der Waals surface area contributed by atoms with E-state index in [9.17, 15) is 0 Å². The van der Waals surface area contributed by atoms with Crippen LogP contribution in [0.3, 0.4) is 0 Å². The molecule has 1 heterocycles. The van der Waals surface area contributed by atoms with Crippen LogP contribution in [0.15, 0.2) is 12.5 Å². The number of aromatic nitrogens is 2. The van der Waals surface area contributed by atoms with Gasteiger partial charge in [0.2, 0.25) is 0 Å². The molecule has 0 N–H and O–H groups in total. The summed E-state index contributed by atoms with van der Waals surface area (Å²) < 4.78 is 0. The van der Waals surface area contributed by atoms with Crippen LogP contribution in [-0.2, 0) is 5.41 Å². The quantitative estimate of drug-likeness (QED) is 0.676. The molecule has 0 aromatic carbocycles. The summed E-state index contributed by atoms with van der Waals surface area (Å²) in [6.45, 7) is 8.92. The van der Waals surface area contributed by atoms with Crippen molar-refractivity contribution in [3.63, 3.8) is 0 Å². The van der Waals surface area contributed by atoms with Crippen LogP contribution in [-0.4, -0.2) is 9.97 Å². The summed E-state index contributed by atoms with van der Waals surface area (Å²) in [6.07, 6.45) is 10.1. The van der Waals surface area contributed by atoms with Gasteiger partial charge in [-0.05, 0) is 18.9 Å². The van der Waals surface area contributed by atoms with Crippen LogP contribution in [0, 0.1) is 6.92 Å². The Morgan fingerprint density at radius 2 is 1.94 bits per heavy atom. The third kappa shape index (κ3) is 3.58. The second-order valence-electron chi connectivity index (χ2n) is 5.25. The summed E-state index contributed by atoms with van der Waals surface area (Å²) in [5.41, 5.74) is 2.60. The topological polar surface area (TPSA) is 25.8 Å². The zero-order valence-electron chi connectivity index (χ0n) is 11.1. The summed E-state index contributed by atoms with van der Waals surface area (Å²) >= 11 is 0. The molecule has 0 fully saturated rings. The van der Waals surface area contributed by atoms with Crippen LogP contribution in [0.25, 0.3) is 0 Å². The summed E-state index contributed by atoms with van der Waals surface area (Å²) in [5.74, 6) is 0. The Labute approximate surface area is 99.5 Å². The highest BCUT2D eigenvalue weighted by atomic mass is 14.8. The highest BCUT2D eigenvalue weighted by Crippen LogP contribution is 2.29. The molecule has 0 saturated carbocycles. The maximum Gasteiger partial charge on any atom is 0.115 e. The van der Waals surface area contributed by atoms with Crippen molar-refractivity contribution < 1.29 is 0 Å². The zero-order valence-corrected chi connectivity index (χ0v) is 11.1. The largest absolute Gasteiger partial charge is 0.245 e. The molecule has 0 bridgehead atoms. The number of hydrogen-bond acceptors (Lipinski definition) is 2. The SMILES string of the molecule is CCCCCCC(C)(C)c1ncncc1C. The van der Waals surface area contributed by atoms with Gasteiger partial charge < -0.3 is 0 Å². The van der Waals surface area contributed by atoms with Gasteiger partial charge in [-0.3, -0.25) is 0 Å².